The molecule has 0 spiro atoms. The first-order chi connectivity index (χ1) is 13.8. The molecule has 1 amide bonds. The topological polar surface area (TPSA) is 42.0 Å². The van der Waals surface area contributed by atoms with E-state index in [1.165, 1.54) is 23.5 Å². The zero-order valence-corrected chi connectivity index (χ0v) is 16.5. The van der Waals surface area contributed by atoms with Gasteiger partial charge in [0.25, 0.3) is 5.91 Å². The standard InChI is InChI=1S/C22H19F3N2OS/c1-13-19(20(28)27-18(15-7-8-15)14-5-3-2-4-6-14)29-21(26-13)16-9-11-17(12-10-16)22(23,24)25/h2-6,9-12,15,18H,7-8H2,1H3,(H,27,28). The number of benzene rings is 2. The Bertz CT molecular complexity index is 1010. The van der Waals surface area contributed by atoms with Crippen LogP contribution in [0.4, 0.5) is 13.2 Å². The summed E-state index contributed by atoms with van der Waals surface area (Å²) < 4.78 is 38.3. The van der Waals surface area contributed by atoms with Crippen LogP contribution in [0.25, 0.3) is 10.6 Å². The predicted octanol–water partition coefficient (Wildman–Crippen LogP) is 6.02. The van der Waals surface area contributed by atoms with Crippen molar-refractivity contribution in [3.63, 3.8) is 0 Å². The molecule has 0 radical (unpaired) electrons. The monoisotopic (exact) mass is 416 g/mol. The smallest absolute Gasteiger partial charge is 0.344 e. The maximum absolute atomic E-state index is 12.9. The Morgan fingerprint density at radius 2 is 1.76 bits per heavy atom. The van der Waals surface area contributed by atoms with Gasteiger partial charge in [-0.25, -0.2) is 4.98 Å². The van der Waals surface area contributed by atoms with E-state index in [1.54, 1.807) is 6.92 Å². The number of hydrogen-bond donors (Lipinski definition) is 1. The second-order valence-corrected chi connectivity index (χ2v) is 8.21. The Morgan fingerprint density at radius 3 is 2.34 bits per heavy atom. The van der Waals surface area contributed by atoms with E-state index in [0.29, 0.717) is 27.1 Å². The number of aromatic nitrogens is 1. The average Bonchev–Trinajstić information content (AvgIpc) is 3.47. The molecule has 1 atom stereocenters. The first-order valence-corrected chi connectivity index (χ1v) is 10.2. The highest BCUT2D eigenvalue weighted by Crippen LogP contribution is 2.41. The van der Waals surface area contributed by atoms with E-state index in [-0.39, 0.29) is 11.9 Å². The molecule has 1 saturated carbocycles. The van der Waals surface area contributed by atoms with Gasteiger partial charge in [-0.1, -0.05) is 42.5 Å². The second-order valence-electron chi connectivity index (χ2n) is 7.21. The van der Waals surface area contributed by atoms with Crippen molar-refractivity contribution < 1.29 is 18.0 Å². The highest BCUT2D eigenvalue weighted by atomic mass is 32.1. The van der Waals surface area contributed by atoms with Gasteiger partial charge in [-0.2, -0.15) is 13.2 Å². The summed E-state index contributed by atoms with van der Waals surface area (Å²) in [7, 11) is 0. The number of hydrogen-bond acceptors (Lipinski definition) is 3. The Labute approximate surface area is 170 Å². The molecule has 1 N–H and O–H groups in total. The maximum Gasteiger partial charge on any atom is 0.416 e. The van der Waals surface area contributed by atoms with Crippen LogP contribution in [0.1, 0.15) is 45.4 Å². The fourth-order valence-electron chi connectivity index (χ4n) is 3.30. The number of thiazole rings is 1. The van der Waals surface area contributed by atoms with Crippen LogP contribution in [0, 0.1) is 12.8 Å². The number of nitrogens with zero attached hydrogens (tertiary/aromatic N) is 1. The predicted molar refractivity (Wildman–Crippen MR) is 107 cm³/mol. The summed E-state index contributed by atoms with van der Waals surface area (Å²) in [6.45, 7) is 1.74. The molecular weight excluding hydrogens is 397 g/mol. The molecular formula is C22H19F3N2OS. The van der Waals surface area contributed by atoms with Crippen molar-refractivity contribution in [2.24, 2.45) is 5.92 Å². The van der Waals surface area contributed by atoms with Crippen molar-refractivity contribution in [1.29, 1.82) is 0 Å². The summed E-state index contributed by atoms with van der Waals surface area (Å²) in [5, 5.41) is 3.66. The molecule has 2 aromatic carbocycles. The molecule has 29 heavy (non-hydrogen) atoms. The van der Waals surface area contributed by atoms with E-state index in [0.717, 1.165) is 30.5 Å². The van der Waals surface area contributed by atoms with Gasteiger partial charge in [0.1, 0.15) is 9.88 Å². The van der Waals surface area contributed by atoms with Crippen LogP contribution >= 0.6 is 11.3 Å². The molecule has 3 nitrogen and oxygen atoms in total. The number of alkyl halides is 3. The maximum atomic E-state index is 12.9. The van der Waals surface area contributed by atoms with Crippen LogP contribution in [0.3, 0.4) is 0 Å². The second kappa shape index (κ2) is 7.63. The molecule has 1 aliphatic rings. The Hall–Kier alpha value is -2.67. The van der Waals surface area contributed by atoms with Crippen molar-refractivity contribution in [3.05, 3.63) is 76.3 Å². The SMILES string of the molecule is Cc1nc(-c2ccc(C(F)(F)F)cc2)sc1C(=O)NC(c1ccccc1)C1CC1. The van der Waals surface area contributed by atoms with E-state index in [9.17, 15) is 18.0 Å². The average molecular weight is 416 g/mol. The summed E-state index contributed by atoms with van der Waals surface area (Å²) in [6.07, 6.45) is -2.21. The number of nitrogens with one attached hydrogen (secondary N) is 1. The molecule has 1 aromatic heterocycles. The minimum absolute atomic E-state index is 0.0419. The Kier molecular flexibility index (Phi) is 5.17. The summed E-state index contributed by atoms with van der Waals surface area (Å²) in [5.41, 5.74) is 1.51. The lowest BCUT2D eigenvalue weighted by Crippen LogP contribution is -2.29. The zero-order chi connectivity index (χ0) is 20.6. The van der Waals surface area contributed by atoms with Crippen molar-refractivity contribution in [2.45, 2.75) is 32.0 Å². The number of carbonyl (C=O) groups excluding carboxylic acids is 1. The first-order valence-electron chi connectivity index (χ1n) is 9.34. The fraction of sp³-hybridized carbons (Fsp3) is 0.273. The normalized spacial score (nSPS) is 15.2. The van der Waals surface area contributed by atoms with Crippen LogP contribution in [0.5, 0.6) is 0 Å². The third-order valence-corrected chi connectivity index (χ3v) is 6.21. The largest absolute Gasteiger partial charge is 0.416 e. The van der Waals surface area contributed by atoms with Crippen molar-refractivity contribution in [3.8, 4) is 10.6 Å². The molecule has 3 aromatic rings. The number of carbonyl (C=O) groups is 1. The molecule has 1 unspecified atom stereocenters. The van der Waals surface area contributed by atoms with Gasteiger partial charge < -0.3 is 5.32 Å². The van der Waals surface area contributed by atoms with Crippen LogP contribution in [-0.2, 0) is 6.18 Å². The lowest BCUT2D eigenvalue weighted by molar-refractivity contribution is -0.137. The summed E-state index contributed by atoms with van der Waals surface area (Å²) in [4.78, 5) is 17.8. The summed E-state index contributed by atoms with van der Waals surface area (Å²) in [5.74, 6) is 0.239. The highest BCUT2D eigenvalue weighted by molar-refractivity contribution is 7.17. The molecule has 7 heteroatoms. The minimum atomic E-state index is -4.38. The van der Waals surface area contributed by atoms with Crippen molar-refractivity contribution >= 4 is 17.2 Å². The molecule has 0 aliphatic heterocycles. The number of rotatable bonds is 5. The van der Waals surface area contributed by atoms with Gasteiger partial charge in [-0.05, 0) is 43.4 Å². The van der Waals surface area contributed by atoms with Crippen LogP contribution in [0.15, 0.2) is 54.6 Å². The van der Waals surface area contributed by atoms with Crippen LogP contribution in [-0.4, -0.2) is 10.9 Å². The molecule has 1 heterocycles. The van der Waals surface area contributed by atoms with E-state index in [2.05, 4.69) is 10.3 Å². The zero-order valence-electron chi connectivity index (χ0n) is 15.7. The first kappa shape index (κ1) is 19.6. The van der Waals surface area contributed by atoms with Gasteiger partial charge in [-0.3, -0.25) is 4.79 Å². The molecule has 150 valence electrons. The molecule has 0 saturated heterocycles. The van der Waals surface area contributed by atoms with Crippen molar-refractivity contribution in [1.82, 2.24) is 10.3 Å². The van der Waals surface area contributed by atoms with E-state index >= 15 is 0 Å². The van der Waals surface area contributed by atoms with Gasteiger partial charge in [0, 0.05) is 5.56 Å². The lowest BCUT2D eigenvalue weighted by atomic mass is 10.0. The Morgan fingerprint density at radius 1 is 1.10 bits per heavy atom. The van der Waals surface area contributed by atoms with Gasteiger partial charge in [-0.15, -0.1) is 11.3 Å². The number of amides is 1. The summed E-state index contributed by atoms with van der Waals surface area (Å²) >= 11 is 1.20. The lowest BCUT2D eigenvalue weighted by Gasteiger charge is -2.18. The molecule has 4 rings (SSSR count). The van der Waals surface area contributed by atoms with E-state index in [1.807, 2.05) is 30.3 Å². The molecule has 1 fully saturated rings. The highest BCUT2D eigenvalue weighted by Gasteiger charge is 2.34. The molecule has 1 aliphatic carbocycles. The van der Waals surface area contributed by atoms with Crippen LogP contribution < -0.4 is 5.32 Å². The van der Waals surface area contributed by atoms with Crippen LogP contribution in [0.2, 0.25) is 0 Å². The van der Waals surface area contributed by atoms with E-state index < -0.39 is 11.7 Å². The van der Waals surface area contributed by atoms with E-state index in [4.69, 9.17) is 0 Å². The quantitative estimate of drug-likeness (QED) is 0.553. The third kappa shape index (κ3) is 4.34. The Balaban J connectivity index is 1.55. The van der Waals surface area contributed by atoms with Gasteiger partial charge >= 0.3 is 6.18 Å². The third-order valence-electron chi connectivity index (χ3n) is 5.00. The number of aryl methyl sites for hydroxylation is 1. The van der Waals surface area contributed by atoms with Gasteiger partial charge in [0.2, 0.25) is 0 Å². The minimum Gasteiger partial charge on any atom is -0.344 e. The van der Waals surface area contributed by atoms with Gasteiger partial charge in [0.15, 0.2) is 0 Å². The van der Waals surface area contributed by atoms with Crippen molar-refractivity contribution in [2.75, 3.05) is 0 Å². The van der Waals surface area contributed by atoms with Gasteiger partial charge in [0.05, 0.1) is 17.3 Å². The number of halogens is 3. The molecule has 0 bridgehead atoms. The summed E-state index contributed by atoms with van der Waals surface area (Å²) in [6, 6.07) is 14.7. The fourth-order valence-corrected chi connectivity index (χ4v) is 4.28.